The highest BCUT2D eigenvalue weighted by molar-refractivity contribution is 5.53. The van der Waals surface area contributed by atoms with Crippen molar-refractivity contribution in [3.63, 3.8) is 0 Å². The normalized spacial score (nSPS) is 11.0. The average Bonchev–Trinajstić information content (AvgIpc) is 2.78. The lowest BCUT2D eigenvalue weighted by molar-refractivity contribution is 0.375. The first-order valence-electron chi connectivity index (χ1n) is 6.68. The molecule has 0 bridgehead atoms. The van der Waals surface area contributed by atoms with Gasteiger partial charge in [0.2, 0.25) is 5.89 Å². The van der Waals surface area contributed by atoms with Crippen LogP contribution < -0.4 is 5.32 Å². The van der Waals surface area contributed by atoms with E-state index in [0.717, 1.165) is 17.9 Å². The second-order valence-corrected chi connectivity index (χ2v) is 5.30. The van der Waals surface area contributed by atoms with Crippen LogP contribution in [0.5, 0.6) is 0 Å². The van der Waals surface area contributed by atoms with Crippen molar-refractivity contribution in [2.45, 2.75) is 40.7 Å². The van der Waals surface area contributed by atoms with Crippen LogP contribution in [0.4, 0.5) is 5.69 Å². The van der Waals surface area contributed by atoms with Gasteiger partial charge in [-0.2, -0.15) is 4.98 Å². The maximum Gasteiger partial charge on any atom is 0.245 e. The molecule has 0 aliphatic carbocycles. The molecule has 0 spiro atoms. The van der Waals surface area contributed by atoms with Crippen LogP contribution in [0.15, 0.2) is 22.7 Å². The fourth-order valence-corrected chi connectivity index (χ4v) is 1.92. The summed E-state index contributed by atoms with van der Waals surface area (Å²) in [5, 5.41) is 7.32. The van der Waals surface area contributed by atoms with Crippen LogP contribution in [0.25, 0.3) is 0 Å². The zero-order valence-electron chi connectivity index (χ0n) is 12.0. The second kappa shape index (κ2) is 5.87. The van der Waals surface area contributed by atoms with Gasteiger partial charge >= 0.3 is 0 Å². The largest absolute Gasteiger partial charge is 0.376 e. The molecule has 19 heavy (non-hydrogen) atoms. The molecular weight excluding hydrogens is 238 g/mol. The van der Waals surface area contributed by atoms with Gasteiger partial charge in [-0.15, -0.1) is 0 Å². The molecule has 0 amide bonds. The monoisotopic (exact) mass is 259 g/mol. The summed E-state index contributed by atoms with van der Waals surface area (Å²) in [6, 6.07) is 6.21. The van der Waals surface area contributed by atoms with Gasteiger partial charge in [0.15, 0.2) is 5.82 Å². The van der Waals surface area contributed by atoms with Crippen LogP contribution in [0.3, 0.4) is 0 Å². The SMILES string of the molecule is Cc1cccc(NCc2nc(CC(C)C)no2)c1C. The van der Waals surface area contributed by atoms with Gasteiger partial charge in [0, 0.05) is 12.1 Å². The van der Waals surface area contributed by atoms with Crippen molar-refractivity contribution in [1.29, 1.82) is 0 Å². The Kier molecular flexibility index (Phi) is 4.20. The van der Waals surface area contributed by atoms with Crippen LogP contribution in [0, 0.1) is 19.8 Å². The quantitative estimate of drug-likeness (QED) is 0.893. The summed E-state index contributed by atoms with van der Waals surface area (Å²) in [6.45, 7) is 9.06. The van der Waals surface area contributed by atoms with E-state index < -0.39 is 0 Å². The van der Waals surface area contributed by atoms with Crippen molar-refractivity contribution in [3.05, 3.63) is 41.0 Å². The molecule has 0 fully saturated rings. The van der Waals surface area contributed by atoms with Gasteiger partial charge in [-0.1, -0.05) is 31.1 Å². The maximum absolute atomic E-state index is 5.23. The predicted octanol–water partition coefficient (Wildman–Crippen LogP) is 3.50. The summed E-state index contributed by atoms with van der Waals surface area (Å²) >= 11 is 0. The highest BCUT2D eigenvalue weighted by atomic mass is 16.5. The Labute approximate surface area is 114 Å². The van der Waals surface area contributed by atoms with E-state index in [1.807, 2.05) is 6.07 Å². The van der Waals surface area contributed by atoms with Gasteiger partial charge in [-0.05, 0) is 37.0 Å². The molecule has 0 saturated heterocycles. The van der Waals surface area contributed by atoms with Crippen LogP contribution in [0.2, 0.25) is 0 Å². The summed E-state index contributed by atoms with van der Waals surface area (Å²) in [6.07, 6.45) is 0.854. The fraction of sp³-hybridized carbons (Fsp3) is 0.467. The number of anilines is 1. The summed E-state index contributed by atoms with van der Waals surface area (Å²) in [5.74, 6) is 1.96. The fourth-order valence-electron chi connectivity index (χ4n) is 1.92. The molecule has 0 aliphatic rings. The summed E-state index contributed by atoms with van der Waals surface area (Å²) in [7, 11) is 0. The van der Waals surface area contributed by atoms with Gasteiger partial charge in [-0.25, -0.2) is 0 Å². The first kappa shape index (κ1) is 13.6. The summed E-state index contributed by atoms with van der Waals surface area (Å²) < 4.78 is 5.23. The Morgan fingerprint density at radius 3 is 2.79 bits per heavy atom. The number of nitrogens with one attached hydrogen (secondary N) is 1. The molecule has 102 valence electrons. The minimum Gasteiger partial charge on any atom is -0.376 e. The van der Waals surface area contributed by atoms with E-state index in [9.17, 15) is 0 Å². The molecule has 4 heteroatoms. The third-order valence-electron chi connectivity index (χ3n) is 3.14. The second-order valence-electron chi connectivity index (χ2n) is 5.30. The lowest BCUT2D eigenvalue weighted by atomic mass is 10.1. The van der Waals surface area contributed by atoms with E-state index in [0.29, 0.717) is 18.4 Å². The molecule has 1 N–H and O–H groups in total. The van der Waals surface area contributed by atoms with Crippen molar-refractivity contribution in [2.75, 3.05) is 5.32 Å². The van der Waals surface area contributed by atoms with Gasteiger partial charge in [-0.3, -0.25) is 0 Å². The molecular formula is C15H21N3O. The van der Waals surface area contributed by atoms with Crippen molar-refractivity contribution in [1.82, 2.24) is 10.1 Å². The number of benzene rings is 1. The summed E-state index contributed by atoms with van der Waals surface area (Å²) in [5.41, 5.74) is 3.64. The zero-order valence-corrected chi connectivity index (χ0v) is 12.0. The highest BCUT2D eigenvalue weighted by Gasteiger charge is 2.08. The molecule has 4 nitrogen and oxygen atoms in total. The van der Waals surface area contributed by atoms with Crippen molar-refractivity contribution < 1.29 is 4.52 Å². The molecule has 2 aromatic rings. The molecule has 1 heterocycles. The lowest BCUT2D eigenvalue weighted by Gasteiger charge is -2.09. The lowest BCUT2D eigenvalue weighted by Crippen LogP contribution is -2.02. The number of hydrogen-bond donors (Lipinski definition) is 1. The number of nitrogens with zero attached hydrogens (tertiary/aromatic N) is 2. The number of rotatable bonds is 5. The van der Waals surface area contributed by atoms with Crippen molar-refractivity contribution in [3.8, 4) is 0 Å². The Balaban J connectivity index is 1.98. The van der Waals surface area contributed by atoms with E-state index in [4.69, 9.17) is 4.52 Å². The molecule has 1 aromatic carbocycles. The minimum absolute atomic E-state index is 0.539. The van der Waals surface area contributed by atoms with E-state index in [-0.39, 0.29) is 0 Å². The summed E-state index contributed by atoms with van der Waals surface area (Å²) in [4.78, 5) is 4.38. The maximum atomic E-state index is 5.23. The Bertz CT molecular complexity index is 546. The molecule has 0 atom stereocenters. The molecule has 0 unspecified atom stereocenters. The minimum atomic E-state index is 0.539. The van der Waals surface area contributed by atoms with Crippen LogP contribution in [-0.2, 0) is 13.0 Å². The van der Waals surface area contributed by atoms with E-state index in [2.05, 4.69) is 55.3 Å². The van der Waals surface area contributed by atoms with Gasteiger partial charge in [0.05, 0.1) is 6.54 Å². The molecule has 0 saturated carbocycles. The van der Waals surface area contributed by atoms with E-state index in [1.54, 1.807) is 0 Å². The third-order valence-corrected chi connectivity index (χ3v) is 3.14. The number of aromatic nitrogens is 2. The predicted molar refractivity (Wildman–Crippen MR) is 76.1 cm³/mol. The van der Waals surface area contributed by atoms with E-state index in [1.165, 1.54) is 11.1 Å². The zero-order chi connectivity index (χ0) is 13.8. The van der Waals surface area contributed by atoms with Gasteiger partial charge in [0.1, 0.15) is 0 Å². The Morgan fingerprint density at radius 2 is 2.05 bits per heavy atom. The van der Waals surface area contributed by atoms with Crippen LogP contribution in [0.1, 0.15) is 36.7 Å². The van der Waals surface area contributed by atoms with Crippen molar-refractivity contribution >= 4 is 5.69 Å². The Hall–Kier alpha value is -1.84. The molecule has 0 aliphatic heterocycles. The Morgan fingerprint density at radius 1 is 1.26 bits per heavy atom. The van der Waals surface area contributed by atoms with Gasteiger partial charge in [0.25, 0.3) is 0 Å². The number of aryl methyl sites for hydroxylation is 1. The topological polar surface area (TPSA) is 51.0 Å². The smallest absolute Gasteiger partial charge is 0.245 e. The van der Waals surface area contributed by atoms with Gasteiger partial charge < -0.3 is 9.84 Å². The molecule has 1 aromatic heterocycles. The average molecular weight is 259 g/mol. The third kappa shape index (κ3) is 3.56. The molecule has 0 radical (unpaired) electrons. The first-order chi connectivity index (χ1) is 9.06. The van der Waals surface area contributed by atoms with Crippen molar-refractivity contribution in [2.24, 2.45) is 5.92 Å². The standard InChI is InChI=1S/C15H21N3O/c1-10(2)8-14-17-15(19-18-14)9-16-13-7-5-6-11(3)12(13)4/h5-7,10,16H,8-9H2,1-4H3. The molecule has 2 rings (SSSR count). The van der Waals surface area contributed by atoms with Crippen LogP contribution >= 0.6 is 0 Å². The van der Waals surface area contributed by atoms with E-state index >= 15 is 0 Å². The number of hydrogen-bond acceptors (Lipinski definition) is 4. The highest BCUT2D eigenvalue weighted by Crippen LogP contribution is 2.18. The first-order valence-corrected chi connectivity index (χ1v) is 6.68. The van der Waals surface area contributed by atoms with Crippen LogP contribution in [-0.4, -0.2) is 10.1 Å².